The predicted octanol–water partition coefficient (Wildman–Crippen LogP) is 4.53. The van der Waals surface area contributed by atoms with E-state index in [2.05, 4.69) is 16.1 Å². The van der Waals surface area contributed by atoms with E-state index in [1.165, 1.54) is 55.9 Å². The maximum absolute atomic E-state index is 12.6. The maximum Gasteiger partial charge on any atom is 0.261 e. The van der Waals surface area contributed by atoms with Crippen LogP contribution in [0.5, 0.6) is 11.5 Å². The Morgan fingerprint density at radius 2 is 1.91 bits per heavy atom. The van der Waals surface area contributed by atoms with Crippen LogP contribution in [0.15, 0.2) is 59.0 Å². The molecule has 0 aliphatic heterocycles. The highest BCUT2D eigenvalue weighted by Gasteiger charge is 2.15. The van der Waals surface area contributed by atoms with Crippen molar-refractivity contribution < 1.29 is 22.7 Å². The van der Waals surface area contributed by atoms with Crippen LogP contribution in [0.4, 0.5) is 5.69 Å². The molecule has 1 aliphatic carbocycles. The maximum atomic E-state index is 12.6. The molecule has 9 heteroatoms. The van der Waals surface area contributed by atoms with Crippen LogP contribution >= 0.6 is 11.6 Å². The van der Waals surface area contributed by atoms with Crippen molar-refractivity contribution in [1.29, 1.82) is 0 Å². The fraction of sp³-hybridized carbons (Fsp3) is 0.348. The van der Waals surface area contributed by atoms with Gasteiger partial charge in [0.1, 0.15) is 11.5 Å². The summed E-state index contributed by atoms with van der Waals surface area (Å²) in [6, 6.07) is 10.5. The average molecular weight is 479 g/mol. The second-order valence-corrected chi connectivity index (χ2v) is 9.51. The summed E-state index contributed by atoms with van der Waals surface area (Å²) >= 11 is 6.04. The number of benzene rings is 2. The molecule has 0 atom stereocenters. The first-order valence-electron chi connectivity index (χ1n) is 10.4. The lowest BCUT2D eigenvalue weighted by molar-refractivity contribution is -0.123. The first kappa shape index (κ1) is 23.9. The monoisotopic (exact) mass is 478 g/mol. The van der Waals surface area contributed by atoms with E-state index >= 15 is 0 Å². The number of nitrogens with one attached hydrogen (secondary N) is 2. The van der Waals surface area contributed by atoms with Crippen molar-refractivity contribution in [3.63, 3.8) is 0 Å². The molecule has 2 aromatic rings. The lowest BCUT2D eigenvalue weighted by atomic mass is 9.97. The minimum atomic E-state index is -3.81. The minimum Gasteiger partial charge on any atom is -0.495 e. The molecule has 1 aliphatic rings. The second-order valence-electron chi connectivity index (χ2n) is 7.42. The molecule has 2 aromatic carbocycles. The van der Waals surface area contributed by atoms with Crippen LogP contribution in [0.2, 0.25) is 5.02 Å². The fourth-order valence-electron chi connectivity index (χ4n) is 3.35. The quantitative estimate of drug-likeness (QED) is 0.489. The summed E-state index contributed by atoms with van der Waals surface area (Å²) in [5.74, 6) is 0.643. The van der Waals surface area contributed by atoms with Gasteiger partial charge in [-0.15, -0.1) is 0 Å². The lowest BCUT2D eigenvalue weighted by Gasteiger charge is -2.13. The summed E-state index contributed by atoms with van der Waals surface area (Å²) in [6.07, 6.45) is 7.83. The van der Waals surface area contributed by atoms with E-state index in [-0.39, 0.29) is 17.4 Å². The van der Waals surface area contributed by atoms with Crippen molar-refractivity contribution in [2.75, 3.05) is 25.0 Å². The summed E-state index contributed by atoms with van der Waals surface area (Å²) in [5.41, 5.74) is 1.72. The summed E-state index contributed by atoms with van der Waals surface area (Å²) in [4.78, 5) is 12.0. The van der Waals surface area contributed by atoms with E-state index in [1.54, 1.807) is 12.1 Å². The molecule has 0 saturated carbocycles. The zero-order valence-electron chi connectivity index (χ0n) is 17.9. The lowest BCUT2D eigenvalue weighted by Crippen LogP contribution is -2.30. The van der Waals surface area contributed by atoms with Gasteiger partial charge in [-0.1, -0.05) is 23.3 Å². The van der Waals surface area contributed by atoms with Crippen molar-refractivity contribution in [1.82, 2.24) is 5.32 Å². The van der Waals surface area contributed by atoms with Crippen LogP contribution in [0.1, 0.15) is 32.1 Å². The Morgan fingerprint density at radius 1 is 1.12 bits per heavy atom. The Kier molecular flexibility index (Phi) is 8.41. The molecule has 172 valence electrons. The summed E-state index contributed by atoms with van der Waals surface area (Å²) in [6.45, 7) is 0.458. The topological polar surface area (TPSA) is 93.7 Å². The Labute approximate surface area is 193 Å². The number of anilines is 1. The van der Waals surface area contributed by atoms with Crippen LogP contribution in [0.3, 0.4) is 0 Å². The van der Waals surface area contributed by atoms with Gasteiger partial charge in [0.2, 0.25) is 0 Å². The number of hydrogen-bond donors (Lipinski definition) is 2. The van der Waals surface area contributed by atoms with Crippen molar-refractivity contribution in [3.8, 4) is 11.5 Å². The van der Waals surface area contributed by atoms with E-state index < -0.39 is 10.0 Å². The van der Waals surface area contributed by atoms with Crippen molar-refractivity contribution >= 4 is 33.2 Å². The van der Waals surface area contributed by atoms with Crippen LogP contribution in [0, 0.1) is 0 Å². The largest absolute Gasteiger partial charge is 0.495 e. The molecule has 0 aromatic heterocycles. The standard InChI is InChI=1S/C23H27ClN2O5S/c1-30-22-12-7-18(15-21(22)24)26-32(28,29)20-10-8-19(9-11-20)31-16-23(27)25-14-13-17-5-3-2-4-6-17/h5,7-12,15,26H,2-4,6,13-14,16H2,1H3,(H,25,27). The predicted molar refractivity (Wildman–Crippen MR) is 125 cm³/mol. The average Bonchev–Trinajstić information content (AvgIpc) is 2.78. The minimum absolute atomic E-state index is 0.0574. The molecule has 1 amide bonds. The number of hydrogen-bond acceptors (Lipinski definition) is 5. The first-order valence-corrected chi connectivity index (χ1v) is 12.3. The highest BCUT2D eigenvalue weighted by molar-refractivity contribution is 7.92. The van der Waals surface area contributed by atoms with Gasteiger partial charge in [0.15, 0.2) is 6.61 Å². The van der Waals surface area contributed by atoms with E-state index in [9.17, 15) is 13.2 Å². The van der Waals surface area contributed by atoms with Gasteiger partial charge in [0, 0.05) is 6.54 Å². The number of halogens is 1. The van der Waals surface area contributed by atoms with Gasteiger partial charge in [0.25, 0.3) is 15.9 Å². The highest BCUT2D eigenvalue weighted by Crippen LogP contribution is 2.28. The van der Waals surface area contributed by atoms with Gasteiger partial charge in [-0.05, 0) is 74.6 Å². The van der Waals surface area contributed by atoms with E-state index in [0.29, 0.717) is 28.8 Å². The number of ether oxygens (including phenoxy) is 2. The number of carbonyl (C=O) groups excluding carboxylic acids is 1. The molecule has 0 saturated heterocycles. The second kappa shape index (κ2) is 11.2. The van der Waals surface area contributed by atoms with Crippen LogP contribution in [-0.4, -0.2) is 34.6 Å². The number of sulfonamides is 1. The Balaban J connectivity index is 1.48. The van der Waals surface area contributed by atoms with Crippen molar-refractivity contribution in [3.05, 3.63) is 59.1 Å². The number of methoxy groups -OCH3 is 1. The number of rotatable bonds is 10. The molecule has 32 heavy (non-hydrogen) atoms. The van der Waals surface area contributed by atoms with Gasteiger partial charge in [0.05, 0.1) is 22.7 Å². The van der Waals surface area contributed by atoms with Gasteiger partial charge in [-0.2, -0.15) is 0 Å². The molecule has 0 spiro atoms. The molecule has 0 unspecified atom stereocenters. The van der Waals surface area contributed by atoms with E-state index in [4.69, 9.17) is 21.1 Å². The van der Waals surface area contributed by atoms with E-state index in [0.717, 1.165) is 19.3 Å². The zero-order chi connectivity index (χ0) is 23.0. The normalized spacial score (nSPS) is 13.8. The molecule has 7 nitrogen and oxygen atoms in total. The third-order valence-corrected chi connectivity index (χ3v) is 6.75. The SMILES string of the molecule is COc1ccc(NS(=O)(=O)c2ccc(OCC(=O)NCCC3=CCCCC3)cc2)cc1Cl. The molecule has 3 rings (SSSR count). The number of amides is 1. The fourth-order valence-corrected chi connectivity index (χ4v) is 4.66. The van der Waals surface area contributed by atoms with E-state index in [1.807, 2.05) is 0 Å². The molecule has 0 bridgehead atoms. The summed E-state index contributed by atoms with van der Waals surface area (Å²) in [5, 5.41) is 3.14. The summed E-state index contributed by atoms with van der Waals surface area (Å²) < 4.78 is 38.2. The van der Waals surface area contributed by atoms with Crippen LogP contribution in [-0.2, 0) is 14.8 Å². The molecular weight excluding hydrogens is 452 g/mol. The van der Waals surface area contributed by atoms with Crippen LogP contribution in [0.25, 0.3) is 0 Å². The summed E-state index contributed by atoms with van der Waals surface area (Å²) in [7, 11) is -2.33. The van der Waals surface area contributed by atoms with Gasteiger partial charge < -0.3 is 14.8 Å². The van der Waals surface area contributed by atoms with Crippen LogP contribution < -0.4 is 19.5 Å². The third kappa shape index (κ3) is 6.90. The van der Waals surface area contributed by atoms with Crippen molar-refractivity contribution in [2.45, 2.75) is 37.0 Å². The molecule has 0 radical (unpaired) electrons. The number of carbonyl (C=O) groups is 1. The Hall–Kier alpha value is -2.71. The smallest absolute Gasteiger partial charge is 0.261 e. The number of allylic oxidation sites excluding steroid dienone is 1. The third-order valence-electron chi connectivity index (χ3n) is 5.06. The molecular formula is C23H27ClN2O5S. The Morgan fingerprint density at radius 3 is 2.56 bits per heavy atom. The Bertz CT molecular complexity index is 1070. The van der Waals surface area contributed by atoms with Crippen molar-refractivity contribution in [2.24, 2.45) is 0 Å². The molecule has 0 heterocycles. The highest BCUT2D eigenvalue weighted by atomic mass is 35.5. The zero-order valence-corrected chi connectivity index (χ0v) is 19.5. The first-order chi connectivity index (χ1) is 15.4. The van der Waals surface area contributed by atoms with Gasteiger partial charge in [-0.25, -0.2) is 8.42 Å². The van der Waals surface area contributed by atoms with Gasteiger partial charge >= 0.3 is 0 Å². The molecule has 0 fully saturated rings. The van der Waals surface area contributed by atoms with Gasteiger partial charge in [-0.3, -0.25) is 9.52 Å². The molecule has 2 N–H and O–H groups in total.